The maximum Gasteiger partial charge on any atom is 0.244 e. The van der Waals surface area contributed by atoms with Gasteiger partial charge in [-0.2, -0.15) is 0 Å². The van der Waals surface area contributed by atoms with Crippen LogP contribution in [0.25, 0.3) is 0 Å². The van der Waals surface area contributed by atoms with Crippen LogP contribution in [0.3, 0.4) is 0 Å². The van der Waals surface area contributed by atoms with Crippen LogP contribution in [0.15, 0.2) is 24.3 Å². The van der Waals surface area contributed by atoms with Crippen LogP contribution in [-0.2, 0) is 4.79 Å². The van der Waals surface area contributed by atoms with Gasteiger partial charge in [-0.15, -0.1) is 0 Å². The van der Waals surface area contributed by atoms with E-state index in [1.165, 1.54) is 24.8 Å². The predicted octanol–water partition coefficient (Wildman–Crippen LogP) is 2.59. The van der Waals surface area contributed by atoms with Gasteiger partial charge in [0.05, 0.1) is 6.04 Å². The third-order valence-electron chi connectivity index (χ3n) is 4.35. The van der Waals surface area contributed by atoms with Crippen LogP contribution < -0.4 is 4.90 Å². The Morgan fingerprint density at radius 1 is 1.00 bits per heavy atom. The quantitative estimate of drug-likeness (QED) is 0.814. The topological polar surface area (TPSA) is 23.6 Å². The van der Waals surface area contributed by atoms with E-state index in [-0.39, 0.29) is 6.04 Å². The molecule has 0 aliphatic carbocycles. The Morgan fingerprint density at radius 3 is 2.37 bits per heavy atom. The van der Waals surface area contributed by atoms with Crippen molar-refractivity contribution in [1.29, 1.82) is 0 Å². The number of rotatable bonds is 2. The zero-order valence-corrected chi connectivity index (χ0v) is 11.6. The molecule has 0 N–H and O–H groups in total. The van der Waals surface area contributed by atoms with Gasteiger partial charge >= 0.3 is 0 Å². The molecule has 0 spiro atoms. The summed E-state index contributed by atoms with van der Waals surface area (Å²) >= 11 is 0. The number of hydrogen-bond acceptors (Lipinski definition) is 2. The van der Waals surface area contributed by atoms with Crippen molar-refractivity contribution < 1.29 is 4.79 Å². The summed E-state index contributed by atoms with van der Waals surface area (Å²) in [5, 5.41) is 0. The Balaban J connectivity index is 1.72. The number of aryl methyl sites for hydroxylation is 1. The molecule has 0 saturated carbocycles. The van der Waals surface area contributed by atoms with Gasteiger partial charge in [0.2, 0.25) is 5.91 Å². The first-order valence-electron chi connectivity index (χ1n) is 7.38. The van der Waals surface area contributed by atoms with Gasteiger partial charge in [0, 0.05) is 12.2 Å². The smallest absolute Gasteiger partial charge is 0.244 e. The molecule has 102 valence electrons. The van der Waals surface area contributed by atoms with Crippen LogP contribution in [-0.4, -0.2) is 36.5 Å². The number of nitrogens with zero attached hydrogens (tertiary/aromatic N) is 2. The number of piperidine rings is 1. The van der Waals surface area contributed by atoms with Gasteiger partial charge in [-0.1, -0.05) is 24.1 Å². The zero-order chi connectivity index (χ0) is 13.2. The highest BCUT2D eigenvalue weighted by Gasteiger charge is 2.36. The third kappa shape index (κ3) is 2.52. The molecule has 0 bridgehead atoms. The molecule has 3 nitrogen and oxygen atoms in total. The summed E-state index contributed by atoms with van der Waals surface area (Å²) in [5.74, 6) is 0.297. The molecule has 2 fully saturated rings. The molecule has 0 aromatic heterocycles. The van der Waals surface area contributed by atoms with E-state index in [1.54, 1.807) is 0 Å². The normalized spacial score (nSPS) is 25.0. The lowest BCUT2D eigenvalue weighted by Crippen LogP contribution is -2.44. The first kappa shape index (κ1) is 12.7. The van der Waals surface area contributed by atoms with Crippen molar-refractivity contribution in [3.05, 3.63) is 29.8 Å². The molecule has 2 aliphatic heterocycles. The zero-order valence-electron chi connectivity index (χ0n) is 11.6. The van der Waals surface area contributed by atoms with Crippen LogP contribution in [0.4, 0.5) is 5.69 Å². The average Bonchev–Trinajstić information content (AvgIpc) is 2.83. The maximum absolute atomic E-state index is 12.6. The number of amides is 1. The minimum Gasteiger partial charge on any atom is -0.311 e. The molecule has 1 aromatic rings. The predicted molar refractivity (Wildman–Crippen MR) is 77.4 cm³/mol. The second-order valence-electron chi connectivity index (χ2n) is 5.73. The summed E-state index contributed by atoms with van der Waals surface area (Å²) in [6.45, 7) is 5.13. The highest BCUT2D eigenvalue weighted by atomic mass is 16.2. The van der Waals surface area contributed by atoms with Crippen molar-refractivity contribution in [2.24, 2.45) is 0 Å². The van der Waals surface area contributed by atoms with Crippen molar-refractivity contribution in [2.45, 2.75) is 38.6 Å². The van der Waals surface area contributed by atoms with Crippen molar-refractivity contribution in [2.75, 3.05) is 24.5 Å². The van der Waals surface area contributed by atoms with E-state index >= 15 is 0 Å². The molecule has 1 atom stereocenters. The monoisotopic (exact) mass is 258 g/mol. The number of hydrogen-bond donors (Lipinski definition) is 0. The van der Waals surface area contributed by atoms with E-state index in [9.17, 15) is 4.79 Å². The molecule has 1 aromatic carbocycles. The van der Waals surface area contributed by atoms with Crippen LogP contribution in [0.5, 0.6) is 0 Å². The lowest BCUT2D eigenvalue weighted by molar-refractivity contribution is -0.122. The summed E-state index contributed by atoms with van der Waals surface area (Å²) in [6.07, 6.45) is 4.79. The average molecular weight is 258 g/mol. The maximum atomic E-state index is 12.6. The van der Waals surface area contributed by atoms with Crippen LogP contribution in [0.1, 0.15) is 31.2 Å². The first-order valence-corrected chi connectivity index (χ1v) is 7.38. The van der Waals surface area contributed by atoms with Gasteiger partial charge in [0.15, 0.2) is 0 Å². The standard InChI is InChI=1S/C16H22N2O/c1-13-5-7-14(8-6-13)18-12-9-15(16(18)19)17-10-3-2-4-11-17/h5-8,15H,2-4,9-12H2,1H3. The molecule has 3 rings (SSSR count). The van der Waals surface area contributed by atoms with Gasteiger partial charge < -0.3 is 4.90 Å². The molecule has 19 heavy (non-hydrogen) atoms. The molecule has 3 heteroatoms. The number of benzene rings is 1. The van der Waals surface area contributed by atoms with Crippen molar-refractivity contribution in [3.63, 3.8) is 0 Å². The molecular weight excluding hydrogens is 236 g/mol. The fourth-order valence-corrected chi connectivity index (χ4v) is 3.21. The fourth-order valence-electron chi connectivity index (χ4n) is 3.21. The Bertz CT molecular complexity index is 448. The Morgan fingerprint density at radius 2 is 1.68 bits per heavy atom. The fraction of sp³-hybridized carbons (Fsp3) is 0.562. The third-order valence-corrected chi connectivity index (χ3v) is 4.35. The first-order chi connectivity index (χ1) is 9.25. The van der Waals surface area contributed by atoms with Crippen LogP contribution in [0, 0.1) is 6.92 Å². The number of anilines is 1. The Kier molecular flexibility index (Phi) is 3.56. The minimum atomic E-state index is 0.126. The molecule has 2 aliphatic rings. The Hall–Kier alpha value is -1.35. The van der Waals surface area contributed by atoms with Gasteiger partial charge in [0.1, 0.15) is 0 Å². The second kappa shape index (κ2) is 5.33. The Labute approximate surface area is 115 Å². The summed E-state index contributed by atoms with van der Waals surface area (Å²) in [5.41, 5.74) is 2.29. The number of likely N-dealkylation sites (tertiary alicyclic amines) is 1. The number of carbonyl (C=O) groups is 1. The number of carbonyl (C=O) groups excluding carboxylic acids is 1. The van der Waals surface area contributed by atoms with Gasteiger partial charge in [0.25, 0.3) is 0 Å². The summed E-state index contributed by atoms with van der Waals surface area (Å²) in [7, 11) is 0. The van der Waals surface area contributed by atoms with Crippen molar-refractivity contribution in [1.82, 2.24) is 4.90 Å². The lowest BCUT2D eigenvalue weighted by atomic mass is 10.1. The molecule has 1 amide bonds. The summed E-state index contributed by atoms with van der Waals surface area (Å²) < 4.78 is 0. The van der Waals surface area contributed by atoms with E-state index in [2.05, 4.69) is 36.1 Å². The van der Waals surface area contributed by atoms with E-state index < -0.39 is 0 Å². The highest BCUT2D eigenvalue weighted by molar-refractivity contribution is 5.99. The molecule has 2 saturated heterocycles. The SMILES string of the molecule is Cc1ccc(N2CCC(N3CCCCC3)C2=O)cc1. The molecule has 1 unspecified atom stereocenters. The molecular formula is C16H22N2O. The summed E-state index contributed by atoms with van der Waals surface area (Å²) in [4.78, 5) is 16.9. The largest absolute Gasteiger partial charge is 0.311 e. The van der Waals surface area contributed by atoms with E-state index in [0.717, 1.165) is 31.7 Å². The van der Waals surface area contributed by atoms with E-state index in [1.807, 2.05) is 4.90 Å². The minimum absolute atomic E-state index is 0.126. The molecule has 0 radical (unpaired) electrons. The van der Waals surface area contributed by atoms with Gasteiger partial charge in [-0.25, -0.2) is 0 Å². The van der Waals surface area contributed by atoms with Crippen molar-refractivity contribution in [3.8, 4) is 0 Å². The highest BCUT2D eigenvalue weighted by Crippen LogP contribution is 2.26. The van der Waals surface area contributed by atoms with E-state index in [4.69, 9.17) is 0 Å². The second-order valence-corrected chi connectivity index (χ2v) is 5.73. The van der Waals surface area contributed by atoms with Crippen molar-refractivity contribution >= 4 is 11.6 Å². The summed E-state index contributed by atoms with van der Waals surface area (Å²) in [6, 6.07) is 8.41. The molecule has 2 heterocycles. The van der Waals surface area contributed by atoms with Crippen LogP contribution in [0.2, 0.25) is 0 Å². The lowest BCUT2D eigenvalue weighted by Gasteiger charge is -2.31. The van der Waals surface area contributed by atoms with Crippen LogP contribution >= 0.6 is 0 Å². The van der Waals surface area contributed by atoms with Gasteiger partial charge in [-0.05, 0) is 51.4 Å². The van der Waals surface area contributed by atoms with Gasteiger partial charge in [-0.3, -0.25) is 9.69 Å². The van der Waals surface area contributed by atoms with E-state index in [0.29, 0.717) is 5.91 Å².